The Bertz CT molecular complexity index is 461. The van der Waals surface area contributed by atoms with Crippen LogP contribution in [0.1, 0.15) is 5.56 Å². The second-order valence-electron chi connectivity index (χ2n) is 5.72. The van der Waals surface area contributed by atoms with Gasteiger partial charge in [-0.15, -0.1) is 6.58 Å². The van der Waals surface area contributed by atoms with Crippen molar-refractivity contribution in [3.63, 3.8) is 0 Å². The van der Waals surface area contributed by atoms with Gasteiger partial charge in [-0.1, -0.05) is 24.3 Å². The van der Waals surface area contributed by atoms with E-state index in [0.717, 1.165) is 57.1 Å². The van der Waals surface area contributed by atoms with E-state index in [2.05, 4.69) is 16.8 Å². The highest BCUT2D eigenvalue weighted by Gasteiger charge is 2.10. The highest BCUT2D eigenvalue weighted by atomic mass is 16.5. The molecule has 0 saturated carbocycles. The second kappa shape index (κ2) is 10.4. The van der Waals surface area contributed by atoms with Gasteiger partial charge >= 0.3 is 0 Å². The summed E-state index contributed by atoms with van der Waals surface area (Å²) in [7, 11) is 0. The summed E-state index contributed by atoms with van der Waals surface area (Å²) in [4.78, 5) is 2.37. The Hall–Kier alpha value is -1.40. The normalized spacial score (nSPS) is 16.9. The minimum Gasteiger partial charge on any atom is -0.491 e. The average molecular weight is 320 g/mol. The summed E-state index contributed by atoms with van der Waals surface area (Å²) in [5.74, 6) is 0.819. The lowest BCUT2D eigenvalue weighted by molar-refractivity contribution is 0.0376. The molecule has 1 aromatic rings. The molecule has 2 rings (SSSR count). The topological polar surface area (TPSA) is 54.0 Å². The van der Waals surface area contributed by atoms with Crippen LogP contribution >= 0.6 is 0 Å². The number of hydrogen-bond donors (Lipinski definition) is 2. The van der Waals surface area contributed by atoms with Gasteiger partial charge in [0.25, 0.3) is 0 Å². The number of allylic oxidation sites excluding steroid dienone is 1. The van der Waals surface area contributed by atoms with Crippen molar-refractivity contribution in [3.8, 4) is 5.75 Å². The van der Waals surface area contributed by atoms with Crippen molar-refractivity contribution in [1.29, 1.82) is 0 Å². The Labute approximate surface area is 138 Å². The lowest BCUT2D eigenvalue weighted by atomic mass is 10.1. The van der Waals surface area contributed by atoms with Gasteiger partial charge in [-0.25, -0.2) is 0 Å². The van der Waals surface area contributed by atoms with Crippen molar-refractivity contribution in [3.05, 3.63) is 42.5 Å². The van der Waals surface area contributed by atoms with E-state index in [-0.39, 0.29) is 0 Å². The SMILES string of the molecule is C=CCc1ccccc1OCC(O)CNCCN1CCOCC1. The molecule has 0 bridgehead atoms. The molecule has 5 heteroatoms. The van der Waals surface area contributed by atoms with Crippen molar-refractivity contribution in [1.82, 2.24) is 10.2 Å². The van der Waals surface area contributed by atoms with Gasteiger partial charge in [0.1, 0.15) is 18.5 Å². The molecule has 0 aromatic heterocycles. The molecule has 1 saturated heterocycles. The van der Waals surface area contributed by atoms with E-state index in [0.29, 0.717) is 13.2 Å². The minimum absolute atomic E-state index is 0.290. The smallest absolute Gasteiger partial charge is 0.122 e. The van der Waals surface area contributed by atoms with Crippen LogP contribution in [0.15, 0.2) is 36.9 Å². The van der Waals surface area contributed by atoms with Crippen LogP contribution < -0.4 is 10.1 Å². The number of para-hydroxylation sites is 1. The van der Waals surface area contributed by atoms with Crippen LogP contribution in [0.5, 0.6) is 5.75 Å². The zero-order valence-corrected chi connectivity index (χ0v) is 13.7. The molecule has 1 aromatic carbocycles. The van der Waals surface area contributed by atoms with Crippen molar-refractivity contribution >= 4 is 0 Å². The molecule has 23 heavy (non-hydrogen) atoms. The van der Waals surface area contributed by atoms with Crippen molar-refractivity contribution in [2.75, 3.05) is 52.5 Å². The van der Waals surface area contributed by atoms with E-state index in [1.165, 1.54) is 0 Å². The van der Waals surface area contributed by atoms with E-state index in [1.54, 1.807) is 0 Å². The molecule has 0 amide bonds. The first kappa shape index (κ1) is 17.9. The van der Waals surface area contributed by atoms with E-state index < -0.39 is 6.10 Å². The van der Waals surface area contributed by atoms with E-state index >= 15 is 0 Å². The van der Waals surface area contributed by atoms with E-state index in [9.17, 15) is 5.11 Å². The predicted octanol–water partition coefficient (Wildman–Crippen LogP) is 1.08. The Morgan fingerprint density at radius 2 is 2.13 bits per heavy atom. The molecule has 1 fully saturated rings. The summed E-state index contributed by atoms with van der Waals surface area (Å²) < 4.78 is 11.1. The lowest BCUT2D eigenvalue weighted by Crippen LogP contribution is -2.42. The molecule has 0 radical (unpaired) electrons. The second-order valence-corrected chi connectivity index (χ2v) is 5.72. The third-order valence-electron chi connectivity index (χ3n) is 3.86. The quantitative estimate of drug-likeness (QED) is 0.499. The number of aliphatic hydroxyl groups excluding tert-OH is 1. The zero-order chi connectivity index (χ0) is 16.3. The summed E-state index contributed by atoms with van der Waals surface area (Å²) in [6.45, 7) is 10.1. The largest absolute Gasteiger partial charge is 0.491 e. The number of ether oxygens (including phenoxy) is 2. The summed E-state index contributed by atoms with van der Waals surface area (Å²) >= 11 is 0. The standard InChI is InChI=1S/C18H28N2O3/c1-2-5-16-6-3-4-7-18(16)23-15-17(21)14-19-8-9-20-10-12-22-13-11-20/h2-4,6-7,17,19,21H,1,5,8-15H2. The number of nitrogens with one attached hydrogen (secondary N) is 1. The van der Waals surface area contributed by atoms with Gasteiger partial charge < -0.3 is 19.9 Å². The molecular weight excluding hydrogens is 292 g/mol. The molecule has 1 unspecified atom stereocenters. The van der Waals surface area contributed by atoms with Crippen LogP contribution in [0.4, 0.5) is 0 Å². The van der Waals surface area contributed by atoms with Gasteiger partial charge in [-0.05, 0) is 18.1 Å². The van der Waals surface area contributed by atoms with Gasteiger partial charge in [0.05, 0.1) is 13.2 Å². The van der Waals surface area contributed by atoms with Gasteiger partial charge in [0.15, 0.2) is 0 Å². The Morgan fingerprint density at radius 1 is 1.35 bits per heavy atom. The summed E-state index contributed by atoms with van der Waals surface area (Å²) in [6, 6.07) is 7.87. The van der Waals surface area contributed by atoms with Crippen molar-refractivity contribution in [2.45, 2.75) is 12.5 Å². The number of benzene rings is 1. The van der Waals surface area contributed by atoms with Crippen molar-refractivity contribution in [2.24, 2.45) is 0 Å². The van der Waals surface area contributed by atoms with Gasteiger partial charge in [-0.3, -0.25) is 4.90 Å². The van der Waals surface area contributed by atoms with Crippen LogP contribution in [-0.4, -0.2) is 68.7 Å². The molecule has 0 spiro atoms. The number of aliphatic hydroxyl groups is 1. The number of rotatable bonds is 10. The third-order valence-corrected chi connectivity index (χ3v) is 3.86. The third kappa shape index (κ3) is 6.71. The van der Waals surface area contributed by atoms with Crippen LogP contribution in [-0.2, 0) is 11.2 Å². The summed E-state index contributed by atoms with van der Waals surface area (Å²) in [5.41, 5.74) is 1.09. The fourth-order valence-electron chi connectivity index (χ4n) is 2.54. The number of nitrogens with zero attached hydrogens (tertiary/aromatic N) is 1. The van der Waals surface area contributed by atoms with Crippen LogP contribution in [0.2, 0.25) is 0 Å². The lowest BCUT2D eigenvalue weighted by Gasteiger charge is -2.26. The molecule has 1 aliphatic rings. The highest BCUT2D eigenvalue weighted by Crippen LogP contribution is 2.18. The van der Waals surface area contributed by atoms with Crippen LogP contribution in [0.25, 0.3) is 0 Å². The van der Waals surface area contributed by atoms with Gasteiger partial charge in [-0.2, -0.15) is 0 Å². The summed E-state index contributed by atoms with van der Waals surface area (Å²) in [5, 5.41) is 13.3. The van der Waals surface area contributed by atoms with Crippen LogP contribution in [0.3, 0.4) is 0 Å². The monoisotopic (exact) mass is 320 g/mol. The molecule has 5 nitrogen and oxygen atoms in total. The number of morpholine rings is 1. The molecular formula is C18H28N2O3. The predicted molar refractivity (Wildman–Crippen MR) is 92.0 cm³/mol. The maximum atomic E-state index is 10.0. The maximum absolute atomic E-state index is 10.0. The van der Waals surface area contributed by atoms with Gasteiger partial charge in [0.2, 0.25) is 0 Å². The molecule has 1 aliphatic heterocycles. The Morgan fingerprint density at radius 3 is 2.91 bits per heavy atom. The van der Waals surface area contributed by atoms with Crippen LogP contribution in [0, 0.1) is 0 Å². The fraction of sp³-hybridized carbons (Fsp3) is 0.556. The first-order chi connectivity index (χ1) is 11.3. The molecule has 1 heterocycles. The first-order valence-electron chi connectivity index (χ1n) is 8.30. The Balaban J connectivity index is 1.61. The average Bonchev–Trinajstić information content (AvgIpc) is 2.59. The van der Waals surface area contributed by atoms with Gasteiger partial charge in [0, 0.05) is 32.7 Å². The number of hydrogen-bond acceptors (Lipinski definition) is 5. The molecule has 2 N–H and O–H groups in total. The molecule has 128 valence electrons. The highest BCUT2D eigenvalue weighted by molar-refractivity contribution is 5.34. The Kier molecular flexibility index (Phi) is 8.11. The van der Waals surface area contributed by atoms with E-state index in [4.69, 9.17) is 9.47 Å². The zero-order valence-electron chi connectivity index (χ0n) is 13.7. The molecule has 0 aliphatic carbocycles. The first-order valence-corrected chi connectivity index (χ1v) is 8.30. The summed E-state index contributed by atoms with van der Waals surface area (Å²) in [6.07, 6.45) is 2.10. The maximum Gasteiger partial charge on any atom is 0.122 e. The minimum atomic E-state index is -0.517. The van der Waals surface area contributed by atoms with Crippen molar-refractivity contribution < 1.29 is 14.6 Å². The molecule has 1 atom stereocenters. The fourth-order valence-corrected chi connectivity index (χ4v) is 2.54. The van der Waals surface area contributed by atoms with E-state index in [1.807, 2.05) is 30.3 Å².